The fourth-order valence-electron chi connectivity index (χ4n) is 2.91. The molecule has 3 rings (SSSR count). The van der Waals surface area contributed by atoms with Gasteiger partial charge in [-0.1, -0.05) is 19.1 Å². The predicted molar refractivity (Wildman–Crippen MR) is 81.0 cm³/mol. The maximum absolute atomic E-state index is 13.2. The van der Waals surface area contributed by atoms with Crippen LogP contribution in [0.25, 0.3) is 0 Å². The van der Waals surface area contributed by atoms with Crippen LogP contribution in [0.3, 0.4) is 0 Å². The summed E-state index contributed by atoms with van der Waals surface area (Å²) in [6.07, 6.45) is 0.377. The number of carbonyl (C=O) groups is 2. The minimum Gasteiger partial charge on any atom is -0.274 e. The molecular formula is C18H15F2NO2. The summed E-state index contributed by atoms with van der Waals surface area (Å²) in [4.78, 5) is 25.8. The van der Waals surface area contributed by atoms with E-state index in [0.717, 1.165) is 6.07 Å². The molecule has 0 bridgehead atoms. The Bertz CT molecular complexity index is 733. The normalized spacial score (nSPS) is 15.0. The van der Waals surface area contributed by atoms with Gasteiger partial charge in [-0.15, -0.1) is 0 Å². The van der Waals surface area contributed by atoms with Crippen LogP contribution >= 0.6 is 0 Å². The minimum atomic E-state index is -0.632. The van der Waals surface area contributed by atoms with E-state index in [1.807, 2.05) is 6.92 Å². The Morgan fingerprint density at radius 3 is 2.00 bits per heavy atom. The summed E-state index contributed by atoms with van der Waals surface area (Å²) in [6, 6.07) is 10.0. The fourth-order valence-corrected chi connectivity index (χ4v) is 2.91. The van der Waals surface area contributed by atoms with Crippen LogP contribution in [0.2, 0.25) is 0 Å². The van der Waals surface area contributed by atoms with Crippen molar-refractivity contribution in [2.45, 2.75) is 13.3 Å². The molecule has 2 aromatic rings. The molecule has 2 amide bonds. The molecule has 23 heavy (non-hydrogen) atoms. The van der Waals surface area contributed by atoms with Gasteiger partial charge in [-0.2, -0.15) is 0 Å². The van der Waals surface area contributed by atoms with Crippen molar-refractivity contribution >= 4 is 11.8 Å². The maximum Gasteiger partial charge on any atom is 0.261 e. The van der Waals surface area contributed by atoms with E-state index < -0.39 is 11.6 Å². The quantitative estimate of drug-likeness (QED) is 0.811. The highest BCUT2D eigenvalue weighted by Crippen LogP contribution is 2.24. The van der Waals surface area contributed by atoms with Gasteiger partial charge in [0.15, 0.2) is 0 Å². The van der Waals surface area contributed by atoms with Crippen molar-refractivity contribution in [1.82, 2.24) is 4.90 Å². The van der Waals surface area contributed by atoms with Gasteiger partial charge < -0.3 is 0 Å². The summed E-state index contributed by atoms with van der Waals surface area (Å²) in [5.41, 5.74) is 1.31. The lowest BCUT2D eigenvalue weighted by Gasteiger charge is -2.19. The first-order chi connectivity index (χ1) is 11.0. The molecule has 1 unspecified atom stereocenters. The van der Waals surface area contributed by atoms with Crippen molar-refractivity contribution in [2.75, 3.05) is 6.54 Å². The molecule has 0 fully saturated rings. The first-order valence-electron chi connectivity index (χ1n) is 7.36. The molecule has 0 spiro atoms. The number of amides is 2. The molecule has 118 valence electrons. The molecule has 5 heteroatoms. The second-order valence-electron chi connectivity index (χ2n) is 5.85. The first kappa shape index (κ1) is 15.3. The van der Waals surface area contributed by atoms with E-state index in [9.17, 15) is 18.4 Å². The van der Waals surface area contributed by atoms with E-state index in [4.69, 9.17) is 0 Å². The van der Waals surface area contributed by atoms with Crippen LogP contribution < -0.4 is 0 Å². The van der Waals surface area contributed by atoms with Crippen LogP contribution in [0, 0.1) is 17.6 Å². The van der Waals surface area contributed by atoms with E-state index in [2.05, 4.69) is 0 Å². The summed E-state index contributed by atoms with van der Waals surface area (Å²) in [5, 5.41) is 0. The third kappa shape index (κ3) is 2.99. The van der Waals surface area contributed by atoms with Crippen molar-refractivity contribution in [2.24, 2.45) is 5.92 Å². The number of nitrogens with zero attached hydrogens (tertiary/aromatic N) is 1. The largest absolute Gasteiger partial charge is 0.274 e. The zero-order valence-electron chi connectivity index (χ0n) is 12.6. The van der Waals surface area contributed by atoms with Crippen LogP contribution in [0.1, 0.15) is 33.2 Å². The number of hydrogen-bond donors (Lipinski definition) is 0. The maximum atomic E-state index is 13.2. The highest BCUT2D eigenvalue weighted by molar-refractivity contribution is 6.21. The highest BCUT2D eigenvalue weighted by Gasteiger charge is 2.35. The molecule has 1 aliphatic rings. The molecule has 0 saturated carbocycles. The van der Waals surface area contributed by atoms with Gasteiger partial charge in [0.05, 0.1) is 11.1 Å². The number of rotatable bonds is 4. The van der Waals surface area contributed by atoms with Gasteiger partial charge in [0.1, 0.15) is 11.6 Å². The Kier molecular flexibility index (Phi) is 3.94. The molecule has 0 N–H and O–H groups in total. The SMILES string of the molecule is CC(Cc1cc(F)cc(F)c1)CN1C(=O)c2ccccc2C1=O. The van der Waals surface area contributed by atoms with Gasteiger partial charge in [-0.3, -0.25) is 14.5 Å². The van der Waals surface area contributed by atoms with Gasteiger partial charge >= 0.3 is 0 Å². The number of benzene rings is 2. The zero-order chi connectivity index (χ0) is 16.6. The van der Waals surface area contributed by atoms with Gasteiger partial charge in [-0.05, 0) is 42.2 Å². The van der Waals surface area contributed by atoms with Crippen LogP contribution in [0.15, 0.2) is 42.5 Å². The molecule has 2 aromatic carbocycles. The fraction of sp³-hybridized carbons (Fsp3) is 0.222. The second kappa shape index (κ2) is 5.91. The van der Waals surface area contributed by atoms with Gasteiger partial charge in [0, 0.05) is 12.6 Å². The summed E-state index contributed by atoms with van der Waals surface area (Å²) < 4.78 is 26.5. The lowest BCUT2D eigenvalue weighted by atomic mass is 10.0. The Morgan fingerprint density at radius 2 is 1.48 bits per heavy atom. The van der Waals surface area contributed by atoms with Crippen LogP contribution in [0.4, 0.5) is 8.78 Å². The molecule has 0 radical (unpaired) electrons. The van der Waals surface area contributed by atoms with E-state index in [1.165, 1.54) is 17.0 Å². The molecule has 1 aliphatic heterocycles. The Morgan fingerprint density at radius 1 is 0.957 bits per heavy atom. The first-order valence-corrected chi connectivity index (χ1v) is 7.36. The van der Waals surface area contributed by atoms with Crippen molar-refractivity contribution in [3.05, 3.63) is 70.8 Å². The number of imide groups is 1. The van der Waals surface area contributed by atoms with Crippen LogP contribution in [-0.2, 0) is 6.42 Å². The van der Waals surface area contributed by atoms with Crippen LogP contribution in [-0.4, -0.2) is 23.3 Å². The van der Waals surface area contributed by atoms with Crippen molar-refractivity contribution in [1.29, 1.82) is 0 Å². The predicted octanol–water partition coefficient (Wildman–Crippen LogP) is 3.44. The average molecular weight is 315 g/mol. The third-order valence-corrected chi connectivity index (χ3v) is 3.88. The molecule has 3 nitrogen and oxygen atoms in total. The standard InChI is InChI=1S/C18H15F2NO2/c1-11(6-12-7-13(19)9-14(20)8-12)10-21-17(22)15-4-2-3-5-16(15)18(21)23/h2-5,7-9,11H,6,10H2,1H3. The number of carbonyl (C=O) groups excluding carboxylic acids is 2. The van der Waals surface area contributed by atoms with Crippen molar-refractivity contribution in [3.8, 4) is 0 Å². The summed E-state index contributed by atoms with van der Waals surface area (Å²) in [7, 11) is 0. The summed E-state index contributed by atoms with van der Waals surface area (Å²) in [6.45, 7) is 2.05. The van der Waals surface area contributed by atoms with Crippen molar-refractivity contribution in [3.63, 3.8) is 0 Å². The van der Waals surface area contributed by atoms with Gasteiger partial charge in [-0.25, -0.2) is 8.78 Å². The lowest BCUT2D eigenvalue weighted by Crippen LogP contribution is -2.34. The number of halogens is 2. The number of hydrogen-bond acceptors (Lipinski definition) is 2. The zero-order valence-corrected chi connectivity index (χ0v) is 12.6. The average Bonchev–Trinajstić information content (AvgIpc) is 2.72. The lowest BCUT2D eigenvalue weighted by molar-refractivity contribution is 0.0632. The summed E-state index contributed by atoms with van der Waals surface area (Å²) in [5.74, 6) is -2.01. The Hall–Kier alpha value is -2.56. The van der Waals surface area contributed by atoms with E-state index in [0.29, 0.717) is 23.1 Å². The van der Waals surface area contributed by atoms with Gasteiger partial charge in [0.25, 0.3) is 11.8 Å². The Balaban J connectivity index is 1.73. The van der Waals surface area contributed by atoms with E-state index in [1.54, 1.807) is 24.3 Å². The smallest absolute Gasteiger partial charge is 0.261 e. The monoisotopic (exact) mass is 315 g/mol. The molecular weight excluding hydrogens is 300 g/mol. The molecule has 0 aromatic heterocycles. The number of fused-ring (bicyclic) bond motifs is 1. The van der Waals surface area contributed by atoms with E-state index in [-0.39, 0.29) is 24.3 Å². The Labute approximate surface area is 132 Å². The molecule has 0 saturated heterocycles. The molecule has 1 heterocycles. The molecule has 1 atom stereocenters. The molecule has 0 aliphatic carbocycles. The highest BCUT2D eigenvalue weighted by atomic mass is 19.1. The third-order valence-electron chi connectivity index (χ3n) is 3.88. The van der Waals surface area contributed by atoms with Crippen LogP contribution in [0.5, 0.6) is 0 Å². The van der Waals surface area contributed by atoms with E-state index >= 15 is 0 Å². The van der Waals surface area contributed by atoms with Gasteiger partial charge in [0.2, 0.25) is 0 Å². The topological polar surface area (TPSA) is 37.4 Å². The summed E-state index contributed by atoms with van der Waals surface area (Å²) >= 11 is 0. The van der Waals surface area contributed by atoms with Crippen molar-refractivity contribution < 1.29 is 18.4 Å². The second-order valence-corrected chi connectivity index (χ2v) is 5.85. The minimum absolute atomic E-state index is 0.113.